The summed E-state index contributed by atoms with van der Waals surface area (Å²) in [6.07, 6.45) is 7.43. The highest BCUT2D eigenvalue weighted by molar-refractivity contribution is 7.30. The van der Waals surface area contributed by atoms with E-state index in [0.717, 1.165) is 45.4 Å². The topological polar surface area (TPSA) is 65.6 Å². The second-order valence-corrected chi connectivity index (χ2v) is 10.5. The molecule has 0 unspecified atom stereocenters. The van der Waals surface area contributed by atoms with E-state index in [9.17, 15) is 0 Å². The van der Waals surface area contributed by atoms with E-state index >= 15 is 0 Å². The van der Waals surface area contributed by atoms with Gasteiger partial charge in [-0.25, -0.2) is 4.98 Å². The lowest BCUT2D eigenvalue weighted by molar-refractivity contribution is 0.578. The van der Waals surface area contributed by atoms with Gasteiger partial charge in [0, 0.05) is 18.8 Å². The molecule has 0 atom stereocenters. The lowest BCUT2D eigenvalue weighted by Crippen LogP contribution is -2.29. The van der Waals surface area contributed by atoms with Gasteiger partial charge in [-0.1, -0.05) is 48.2 Å². The summed E-state index contributed by atoms with van der Waals surface area (Å²) in [6.45, 7) is 4.50. The fourth-order valence-corrected chi connectivity index (χ4v) is 5.85. The SMILES string of the molecule is CCCCc1ccc(N=Nc2cc3sc(N=Nc4ccc(N5CCCCC5)cc4)nc3s2)cc1. The summed E-state index contributed by atoms with van der Waals surface area (Å²) in [5.74, 6) is 0. The molecular weight excluding hydrogens is 460 g/mol. The molecule has 6 nitrogen and oxygen atoms in total. The van der Waals surface area contributed by atoms with Crippen molar-refractivity contribution in [2.45, 2.75) is 45.4 Å². The number of azo groups is 2. The number of fused-ring (bicyclic) bond motifs is 1. The fraction of sp³-hybridized carbons (Fsp3) is 0.346. The number of aromatic nitrogens is 1. The molecule has 1 aliphatic rings. The number of anilines is 1. The summed E-state index contributed by atoms with van der Waals surface area (Å²) in [6, 6.07) is 18.7. The van der Waals surface area contributed by atoms with E-state index in [0.29, 0.717) is 5.13 Å². The van der Waals surface area contributed by atoms with Gasteiger partial charge in [0.25, 0.3) is 0 Å². The molecule has 4 aromatic rings. The highest BCUT2D eigenvalue weighted by Crippen LogP contribution is 2.39. The molecule has 0 spiro atoms. The summed E-state index contributed by atoms with van der Waals surface area (Å²) in [5.41, 5.74) is 4.32. The molecule has 2 aromatic heterocycles. The molecule has 0 N–H and O–H groups in total. The lowest BCUT2D eigenvalue weighted by atomic mass is 10.1. The van der Waals surface area contributed by atoms with E-state index in [4.69, 9.17) is 0 Å². The molecule has 3 heterocycles. The van der Waals surface area contributed by atoms with Crippen LogP contribution in [0.3, 0.4) is 0 Å². The van der Waals surface area contributed by atoms with Crippen LogP contribution in [0.2, 0.25) is 0 Å². The van der Waals surface area contributed by atoms with Crippen molar-refractivity contribution in [1.29, 1.82) is 0 Å². The summed E-state index contributed by atoms with van der Waals surface area (Å²) in [4.78, 5) is 7.96. The molecule has 0 saturated carbocycles. The van der Waals surface area contributed by atoms with Crippen molar-refractivity contribution in [1.82, 2.24) is 4.98 Å². The van der Waals surface area contributed by atoms with Crippen LogP contribution in [0.4, 0.5) is 27.2 Å². The van der Waals surface area contributed by atoms with Gasteiger partial charge in [0.05, 0.1) is 16.1 Å². The van der Waals surface area contributed by atoms with Gasteiger partial charge in [-0.3, -0.25) is 0 Å². The second kappa shape index (κ2) is 11.0. The van der Waals surface area contributed by atoms with E-state index in [2.05, 4.69) is 61.5 Å². The maximum absolute atomic E-state index is 4.60. The molecule has 1 saturated heterocycles. The first-order valence-corrected chi connectivity index (χ1v) is 13.6. The number of thiophene rings is 1. The number of rotatable bonds is 8. The zero-order valence-corrected chi connectivity index (χ0v) is 21.0. The Balaban J connectivity index is 1.20. The zero-order valence-electron chi connectivity index (χ0n) is 19.4. The summed E-state index contributed by atoms with van der Waals surface area (Å²) < 4.78 is 1.06. The summed E-state index contributed by atoms with van der Waals surface area (Å²) in [5, 5.41) is 19.0. The van der Waals surface area contributed by atoms with Crippen LogP contribution < -0.4 is 4.90 Å². The first kappa shape index (κ1) is 22.8. The Labute approximate surface area is 208 Å². The molecule has 0 bridgehead atoms. The van der Waals surface area contributed by atoms with E-state index in [1.165, 1.54) is 66.0 Å². The first-order chi connectivity index (χ1) is 16.8. The van der Waals surface area contributed by atoms with Crippen LogP contribution in [-0.2, 0) is 6.42 Å². The van der Waals surface area contributed by atoms with E-state index in [-0.39, 0.29) is 0 Å². The number of piperidine rings is 1. The Morgan fingerprint density at radius 2 is 1.53 bits per heavy atom. The third-order valence-electron chi connectivity index (χ3n) is 5.91. The van der Waals surface area contributed by atoms with Crippen LogP contribution >= 0.6 is 22.7 Å². The van der Waals surface area contributed by atoms with Crippen LogP contribution in [0.1, 0.15) is 44.6 Å². The van der Waals surface area contributed by atoms with Crippen molar-refractivity contribution in [3.8, 4) is 0 Å². The molecule has 0 aliphatic carbocycles. The number of nitrogens with zero attached hydrogens (tertiary/aromatic N) is 6. The minimum Gasteiger partial charge on any atom is -0.372 e. The quantitative estimate of drug-likeness (QED) is 0.232. The third kappa shape index (κ3) is 5.74. The molecule has 1 aliphatic heterocycles. The predicted molar refractivity (Wildman–Crippen MR) is 143 cm³/mol. The van der Waals surface area contributed by atoms with Crippen LogP contribution in [0.5, 0.6) is 0 Å². The Kier molecular flexibility index (Phi) is 7.36. The molecule has 174 valence electrons. The normalized spacial score (nSPS) is 14.7. The number of hydrogen-bond acceptors (Lipinski definition) is 8. The molecule has 0 radical (unpaired) electrons. The van der Waals surface area contributed by atoms with Gasteiger partial charge in [0.1, 0.15) is 9.83 Å². The first-order valence-electron chi connectivity index (χ1n) is 11.9. The molecule has 8 heteroatoms. The highest BCUT2D eigenvalue weighted by atomic mass is 32.1. The average molecular weight is 489 g/mol. The van der Waals surface area contributed by atoms with Crippen molar-refractivity contribution in [3.63, 3.8) is 0 Å². The monoisotopic (exact) mass is 488 g/mol. The fourth-order valence-electron chi connectivity index (χ4n) is 4.00. The molecule has 2 aromatic carbocycles. The van der Waals surface area contributed by atoms with Crippen LogP contribution in [-0.4, -0.2) is 18.1 Å². The molecule has 34 heavy (non-hydrogen) atoms. The van der Waals surface area contributed by atoms with Gasteiger partial charge in [-0.15, -0.1) is 20.5 Å². The predicted octanol–water partition coefficient (Wildman–Crippen LogP) is 9.52. The van der Waals surface area contributed by atoms with Crippen LogP contribution in [0, 0.1) is 0 Å². The van der Waals surface area contributed by atoms with Crippen molar-refractivity contribution in [2.75, 3.05) is 18.0 Å². The number of hydrogen-bond donors (Lipinski definition) is 0. The summed E-state index contributed by atoms with van der Waals surface area (Å²) >= 11 is 3.05. The maximum atomic E-state index is 4.60. The minimum atomic E-state index is 0.660. The zero-order chi connectivity index (χ0) is 23.2. The van der Waals surface area contributed by atoms with Gasteiger partial charge >= 0.3 is 0 Å². The Morgan fingerprint density at radius 3 is 2.24 bits per heavy atom. The number of unbranched alkanes of at least 4 members (excludes halogenated alkanes) is 1. The molecule has 1 fully saturated rings. The van der Waals surface area contributed by atoms with Crippen LogP contribution in [0.15, 0.2) is 75.1 Å². The van der Waals surface area contributed by atoms with E-state index in [1.807, 2.05) is 30.3 Å². The Morgan fingerprint density at radius 1 is 0.824 bits per heavy atom. The molecule has 5 rings (SSSR count). The van der Waals surface area contributed by atoms with Gasteiger partial charge in [0.2, 0.25) is 5.13 Å². The Bertz CT molecular complexity index is 1230. The van der Waals surface area contributed by atoms with Gasteiger partial charge in [-0.05, 0) is 80.1 Å². The highest BCUT2D eigenvalue weighted by Gasteiger charge is 2.11. The van der Waals surface area contributed by atoms with Gasteiger partial charge in [0.15, 0.2) is 0 Å². The minimum absolute atomic E-state index is 0.660. The Hall–Kier alpha value is -2.97. The number of thiazole rings is 1. The number of benzene rings is 2. The van der Waals surface area contributed by atoms with Crippen molar-refractivity contribution in [3.05, 3.63) is 60.2 Å². The average Bonchev–Trinajstić information content (AvgIpc) is 3.45. The van der Waals surface area contributed by atoms with Crippen molar-refractivity contribution < 1.29 is 0 Å². The smallest absolute Gasteiger partial charge is 0.231 e. The largest absolute Gasteiger partial charge is 0.372 e. The molecule has 0 amide bonds. The van der Waals surface area contributed by atoms with Gasteiger partial charge in [-0.2, -0.15) is 0 Å². The van der Waals surface area contributed by atoms with Gasteiger partial charge < -0.3 is 4.90 Å². The molecular formula is C26H28N6S2. The van der Waals surface area contributed by atoms with Crippen molar-refractivity contribution >= 4 is 59.4 Å². The van der Waals surface area contributed by atoms with E-state index in [1.54, 1.807) is 0 Å². The standard InChI is InChI=1S/C26H28N6S2/c1-2-3-7-19-8-10-20(11-9-19)28-30-24-18-23-25(34-24)27-26(33-23)31-29-21-12-14-22(15-13-21)32-16-5-4-6-17-32/h8-15,18H,2-7,16-17H2,1H3. The van der Waals surface area contributed by atoms with E-state index < -0.39 is 0 Å². The second-order valence-electron chi connectivity index (χ2n) is 8.48. The van der Waals surface area contributed by atoms with Crippen LogP contribution in [0.25, 0.3) is 9.53 Å². The maximum Gasteiger partial charge on any atom is 0.231 e. The third-order valence-corrected chi connectivity index (χ3v) is 7.84. The summed E-state index contributed by atoms with van der Waals surface area (Å²) in [7, 11) is 0. The number of aryl methyl sites for hydroxylation is 1. The lowest BCUT2D eigenvalue weighted by Gasteiger charge is -2.28. The van der Waals surface area contributed by atoms with Crippen molar-refractivity contribution in [2.24, 2.45) is 20.5 Å².